The van der Waals surface area contributed by atoms with Crippen LogP contribution in [-0.4, -0.2) is 16.7 Å². The number of carbonyl (C=O) groups excluding carboxylic acids is 1. The van der Waals surface area contributed by atoms with Gasteiger partial charge in [-0.3, -0.25) is 14.9 Å². The van der Waals surface area contributed by atoms with Crippen LogP contribution in [0.3, 0.4) is 0 Å². The molecule has 5 nitrogen and oxygen atoms in total. The molecule has 15 heavy (non-hydrogen) atoms. The molecule has 0 unspecified atom stereocenters. The minimum absolute atomic E-state index is 0.285. The van der Waals surface area contributed by atoms with Crippen LogP contribution in [-0.2, 0) is 4.79 Å². The van der Waals surface area contributed by atoms with E-state index in [9.17, 15) is 14.9 Å². The largest absolute Gasteiger partial charge is 0.383 e. The SMILES string of the molecule is CC(=O)/C(=C/NC1CCCCC1)[N+](=O)[O-]. The molecule has 0 aromatic heterocycles. The van der Waals surface area contributed by atoms with Crippen LogP contribution in [0.1, 0.15) is 39.0 Å². The summed E-state index contributed by atoms with van der Waals surface area (Å²) in [4.78, 5) is 20.8. The Bertz CT molecular complexity index is 264. The van der Waals surface area contributed by atoms with Gasteiger partial charge in [0.2, 0.25) is 5.78 Å². The Hall–Kier alpha value is -1.39. The highest BCUT2D eigenvalue weighted by atomic mass is 16.6. The summed E-state index contributed by atoms with van der Waals surface area (Å²) in [6, 6.07) is 0.285. The molecule has 1 fully saturated rings. The number of Topliss-reactive ketones (excluding diaryl/α,β-unsaturated/α-hetero) is 1. The van der Waals surface area contributed by atoms with Gasteiger partial charge in [-0.15, -0.1) is 0 Å². The van der Waals surface area contributed by atoms with Crippen molar-refractivity contribution in [1.29, 1.82) is 0 Å². The second-order valence-corrected chi connectivity index (χ2v) is 3.84. The number of hydrogen-bond donors (Lipinski definition) is 1. The van der Waals surface area contributed by atoms with Gasteiger partial charge in [0.25, 0.3) is 0 Å². The van der Waals surface area contributed by atoms with E-state index in [-0.39, 0.29) is 11.7 Å². The monoisotopic (exact) mass is 212 g/mol. The lowest BCUT2D eigenvalue weighted by molar-refractivity contribution is -0.419. The van der Waals surface area contributed by atoms with Crippen LogP contribution in [0.15, 0.2) is 11.9 Å². The minimum atomic E-state index is -0.641. The second-order valence-electron chi connectivity index (χ2n) is 3.84. The van der Waals surface area contributed by atoms with Crippen molar-refractivity contribution in [3.63, 3.8) is 0 Å². The van der Waals surface area contributed by atoms with Crippen molar-refractivity contribution in [1.82, 2.24) is 5.32 Å². The summed E-state index contributed by atoms with van der Waals surface area (Å²) in [5.41, 5.74) is -0.361. The Labute approximate surface area is 88.7 Å². The first-order valence-electron chi connectivity index (χ1n) is 5.23. The standard InChI is InChI=1S/C10H16N2O3/c1-8(13)10(12(14)15)7-11-9-5-3-2-4-6-9/h7,9,11H,2-6H2,1H3/b10-7-. The molecule has 0 aromatic rings. The maximum absolute atomic E-state index is 10.9. The fourth-order valence-electron chi connectivity index (χ4n) is 1.75. The smallest absolute Gasteiger partial charge is 0.327 e. The molecule has 0 radical (unpaired) electrons. The summed E-state index contributed by atoms with van der Waals surface area (Å²) >= 11 is 0. The molecule has 1 rings (SSSR count). The van der Waals surface area contributed by atoms with Crippen LogP contribution in [0.5, 0.6) is 0 Å². The molecule has 0 aliphatic heterocycles. The summed E-state index contributed by atoms with van der Waals surface area (Å²) in [5, 5.41) is 13.4. The first kappa shape index (κ1) is 11.7. The topological polar surface area (TPSA) is 72.2 Å². The van der Waals surface area contributed by atoms with Crippen molar-refractivity contribution in [2.75, 3.05) is 0 Å². The highest BCUT2D eigenvalue weighted by Crippen LogP contribution is 2.17. The molecule has 0 amide bonds. The fraction of sp³-hybridized carbons (Fsp3) is 0.700. The van der Waals surface area contributed by atoms with Crippen molar-refractivity contribution >= 4 is 5.78 Å². The highest BCUT2D eigenvalue weighted by Gasteiger charge is 2.18. The van der Waals surface area contributed by atoms with Crippen LogP contribution in [0.25, 0.3) is 0 Å². The van der Waals surface area contributed by atoms with Crippen LogP contribution in [0.2, 0.25) is 0 Å². The summed E-state index contributed by atoms with van der Waals surface area (Å²) < 4.78 is 0. The lowest BCUT2D eigenvalue weighted by atomic mass is 9.96. The number of nitrogens with zero attached hydrogens (tertiary/aromatic N) is 1. The number of allylic oxidation sites excluding steroid dienone is 1. The van der Waals surface area contributed by atoms with E-state index in [4.69, 9.17) is 0 Å². The van der Waals surface area contributed by atoms with Gasteiger partial charge in [-0.1, -0.05) is 19.3 Å². The van der Waals surface area contributed by atoms with E-state index in [1.165, 1.54) is 19.5 Å². The van der Waals surface area contributed by atoms with Crippen molar-refractivity contribution in [3.05, 3.63) is 22.0 Å². The third-order valence-corrected chi connectivity index (χ3v) is 2.62. The van der Waals surface area contributed by atoms with Crippen LogP contribution in [0, 0.1) is 10.1 Å². The molecule has 5 heteroatoms. The van der Waals surface area contributed by atoms with Crippen LogP contribution in [0.4, 0.5) is 0 Å². The highest BCUT2D eigenvalue weighted by molar-refractivity contribution is 5.90. The Balaban J connectivity index is 2.52. The normalized spacial score (nSPS) is 18.6. The van der Waals surface area contributed by atoms with Gasteiger partial charge < -0.3 is 5.32 Å². The molecular formula is C10H16N2O3. The second kappa shape index (κ2) is 5.48. The van der Waals surface area contributed by atoms with Crippen molar-refractivity contribution in [2.24, 2.45) is 0 Å². The van der Waals surface area contributed by atoms with E-state index in [0.717, 1.165) is 25.7 Å². The van der Waals surface area contributed by atoms with Gasteiger partial charge in [0.15, 0.2) is 0 Å². The molecule has 0 spiro atoms. The Kier molecular flexibility index (Phi) is 4.27. The van der Waals surface area contributed by atoms with Crippen LogP contribution >= 0.6 is 0 Å². The number of nitro groups is 1. The predicted octanol–water partition coefficient (Wildman–Crippen LogP) is 1.62. The van der Waals surface area contributed by atoms with Crippen LogP contribution < -0.4 is 5.32 Å². The molecule has 0 heterocycles. The van der Waals surface area contributed by atoms with E-state index in [2.05, 4.69) is 5.32 Å². The van der Waals surface area contributed by atoms with Gasteiger partial charge in [-0.2, -0.15) is 0 Å². The molecule has 84 valence electrons. The minimum Gasteiger partial charge on any atom is -0.383 e. The average Bonchev–Trinajstić information content (AvgIpc) is 2.18. The number of hydrogen-bond acceptors (Lipinski definition) is 4. The van der Waals surface area contributed by atoms with Gasteiger partial charge >= 0.3 is 5.70 Å². The zero-order valence-electron chi connectivity index (χ0n) is 8.86. The summed E-state index contributed by atoms with van der Waals surface area (Å²) in [6.45, 7) is 1.21. The van der Waals surface area contributed by atoms with Crippen molar-refractivity contribution in [2.45, 2.75) is 45.1 Å². The Morgan fingerprint density at radius 2 is 2.00 bits per heavy atom. The fourth-order valence-corrected chi connectivity index (χ4v) is 1.75. The maximum Gasteiger partial charge on any atom is 0.327 e. The van der Waals surface area contributed by atoms with Gasteiger partial charge in [0.1, 0.15) is 0 Å². The molecule has 1 aliphatic rings. The van der Waals surface area contributed by atoms with Gasteiger partial charge in [-0.25, -0.2) is 0 Å². The predicted molar refractivity (Wildman–Crippen MR) is 55.8 cm³/mol. The first-order chi connectivity index (χ1) is 7.11. The number of rotatable bonds is 4. The molecule has 0 atom stereocenters. The van der Waals surface area contributed by atoms with Gasteiger partial charge in [0, 0.05) is 13.0 Å². The summed E-state index contributed by atoms with van der Waals surface area (Å²) in [7, 11) is 0. The lowest BCUT2D eigenvalue weighted by Gasteiger charge is -2.21. The van der Waals surface area contributed by atoms with E-state index in [1.54, 1.807) is 0 Å². The molecule has 0 bridgehead atoms. The van der Waals surface area contributed by atoms with E-state index >= 15 is 0 Å². The van der Waals surface area contributed by atoms with E-state index in [0.29, 0.717) is 0 Å². The maximum atomic E-state index is 10.9. The zero-order chi connectivity index (χ0) is 11.3. The zero-order valence-corrected chi connectivity index (χ0v) is 8.86. The molecule has 0 saturated heterocycles. The third kappa shape index (κ3) is 3.69. The van der Waals surface area contributed by atoms with Gasteiger partial charge in [-0.05, 0) is 12.8 Å². The molecule has 1 aliphatic carbocycles. The molecule has 1 N–H and O–H groups in total. The van der Waals surface area contributed by atoms with Crippen molar-refractivity contribution < 1.29 is 9.72 Å². The first-order valence-corrected chi connectivity index (χ1v) is 5.23. The number of nitrogens with one attached hydrogen (secondary N) is 1. The van der Waals surface area contributed by atoms with E-state index in [1.807, 2.05) is 0 Å². The molecule has 1 saturated carbocycles. The number of carbonyl (C=O) groups is 1. The number of ketones is 1. The lowest BCUT2D eigenvalue weighted by Crippen LogP contribution is -2.28. The summed E-state index contributed by atoms with van der Waals surface area (Å²) in [5.74, 6) is -0.511. The molecule has 0 aromatic carbocycles. The quantitative estimate of drug-likeness (QED) is 0.436. The molecular weight excluding hydrogens is 196 g/mol. The Morgan fingerprint density at radius 1 is 1.40 bits per heavy atom. The van der Waals surface area contributed by atoms with Gasteiger partial charge in [0.05, 0.1) is 11.1 Å². The third-order valence-electron chi connectivity index (χ3n) is 2.62. The van der Waals surface area contributed by atoms with E-state index < -0.39 is 10.7 Å². The van der Waals surface area contributed by atoms with Crippen molar-refractivity contribution in [3.8, 4) is 0 Å². The summed E-state index contributed by atoms with van der Waals surface area (Å²) in [6.07, 6.45) is 6.84. The Morgan fingerprint density at radius 3 is 2.47 bits per heavy atom. The average molecular weight is 212 g/mol.